The first-order valence-electron chi connectivity index (χ1n) is 9.28. The summed E-state index contributed by atoms with van der Waals surface area (Å²) < 4.78 is 1.48. The molecule has 9 heteroatoms. The zero-order chi connectivity index (χ0) is 20.9. The van der Waals surface area contributed by atoms with Crippen LogP contribution in [0.25, 0.3) is 17.0 Å². The van der Waals surface area contributed by atoms with Gasteiger partial charge in [-0.3, -0.25) is 14.7 Å². The lowest BCUT2D eigenvalue weighted by Gasteiger charge is -2.08. The van der Waals surface area contributed by atoms with E-state index in [9.17, 15) is 9.59 Å². The molecule has 0 aliphatic rings. The number of benzene rings is 2. The molecule has 0 aliphatic carbocycles. The average molecular weight is 440 g/mol. The SMILES string of the molecule is O=C(CSc1nc(-c2cccc(Cl)c2)nc2cc(=O)[nH]n12)NCCc1ccccc1. The van der Waals surface area contributed by atoms with Gasteiger partial charge in [0, 0.05) is 23.2 Å². The highest BCUT2D eigenvalue weighted by Crippen LogP contribution is 2.23. The number of nitrogens with one attached hydrogen (secondary N) is 2. The van der Waals surface area contributed by atoms with Crippen molar-refractivity contribution in [3.05, 3.63) is 81.6 Å². The summed E-state index contributed by atoms with van der Waals surface area (Å²) in [7, 11) is 0. The van der Waals surface area contributed by atoms with Crippen LogP contribution in [-0.2, 0) is 11.2 Å². The summed E-state index contributed by atoms with van der Waals surface area (Å²) in [6.45, 7) is 0.552. The number of aromatic nitrogens is 4. The van der Waals surface area contributed by atoms with Crippen molar-refractivity contribution in [2.24, 2.45) is 0 Å². The molecule has 0 bridgehead atoms. The third-order valence-corrected chi connectivity index (χ3v) is 5.49. The summed E-state index contributed by atoms with van der Waals surface area (Å²) >= 11 is 7.30. The number of thioether (sulfide) groups is 1. The summed E-state index contributed by atoms with van der Waals surface area (Å²) in [5.74, 6) is 0.487. The van der Waals surface area contributed by atoms with Crippen LogP contribution in [0.15, 0.2) is 70.6 Å². The second-order valence-corrected chi connectivity index (χ2v) is 7.91. The normalized spacial score (nSPS) is 11.0. The molecule has 7 nitrogen and oxygen atoms in total. The second-order valence-electron chi connectivity index (χ2n) is 6.53. The molecular weight excluding hydrogens is 422 g/mol. The molecule has 0 spiro atoms. The van der Waals surface area contributed by atoms with Crippen molar-refractivity contribution in [3.8, 4) is 11.4 Å². The molecule has 30 heavy (non-hydrogen) atoms. The fourth-order valence-corrected chi connectivity index (χ4v) is 3.88. The van der Waals surface area contributed by atoms with Crippen molar-refractivity contribution in [2.45, 2.75) is 11.6 Å². The number of carbonyl (C=O) groups excluding carboxylic acids is 1. The number of fused-ring (bicyclic) bond motifs is 1. The lowest BCUT2D eigenvalue weighted by molar-refractivity contribution is -0.118. The van der Waals surface area contributed by atoms with Crippen LogP contribution in [0.1, 0.15) is 5.56 Å². The van der Waals surface area contributed by atoms with Gasteiger partial charge < -0.3 is 5.32 Å². The Hall–Kier alpha value is -3.10. The van der Waals surface area contributed by atoms with E-state index in [0.29, 0.717) is 28.2 Å². The Morgan fingerprint density at radius 1 is 1.10 bits per heavy atom. The van der Waals surface area contributed by atoms with Crippen LogP contribution in [0.2, 0.25) is 5.02 Å². The van der Waals surface area contributed by atoms with E-state index in [1.807, 2.05) is 42.5 Å². The Morgan fingerprint density at radius 2 is 1.93 bits per heavy atom. The van der Waals surface area contributed by atoms with Crippen molar-refractivity contribution >= 4 is 34.9 Å². The Bertz CT molecular complexity index is 1240. The number of carbonyl (C=O) groups is 1. The molecule has 2 N–H and O–H groups in total. The van der Waals surface area contributed by atoms with Gasteiger partial charge >= 0.3 is 0 Å². The van der Waals surface area contributed by atoms with E-state index in [4.69, 9.17) is 11.6 Å². The second kappa shape index (κ2) is 9.15. The third kappa shape index (κ3) is 4.90. The van der Waals surface area contributed by atoms with E-state index in [1.54, 1.807) is 12.1 Å². The molecule has 0 unspecified atom stereocenters. The highest BCUT2D eigenvalue weighted by atomic mass is 35.5. The number of nitrogens with zero attached hydrogens (tertiary/aromatic N) is 3. The Kier molecular flexibility index (Phi) is 6.15. The summed E-state index contributed by atoms with van der Waals surface area (Å²) in [6, 6.07) is 18.5. The molecule has 0 aliphatic heterocycles. The molecule has 1 amide bonds. The van der Waals surface area contributed by atoms with Gasteiger partial charge in [0.15, 0.2) is 16.6 Å². The largest absolute Gasteiger partial charge is 0.355 e. The fraction of sp³-hybridized carbons (Fsp3) is 0.143. The van der Waals surface area contributed by atoms with E-state index >= 15 is 0 Å². The van der Waals surface area contributed by atoms with E-state index in [1.165, 1.54) is 27.9 Å². The average Bonchev–Trinajstić information content (AvgIpc) is 3.13. The maximum atomic E-state index is 12.3. The monoisotopic (exact) mass is 439 g/mol. The fourth-order valence-electron chi connectivity index (χ4n) is 2.91. The van der Waals surface area contributed by atoms with Crippen molar-refractivity contribution in [1.82, 2.24) is 24.9 Å². The van der Waals surface area contributed by atoms with Crippen LogP contribution in [0.4, 0.5) is 0 Å². The van der Waals surface area contributed by atoms with Crippen LogP contribution in [0, 0.1) is 0 Å². The number of rotatable bonds is 7. The van der Waals surface area contributed by atoms with Gasteiger partial charge in [-0.05, 0) is 24.1 Å². The minimum absolute atomic E-state index is 0.110. The van der Waals surface area contributed by atoms with Gasteiger partial charge in [-0.1, -0.05) is 65.8 Å². The van der Waals surface area contributed by atoms with Crippen LogP contribution >= 0.6 is 23.4 Å². The zero-order valence-corrected chi connectivity index (χ0v) is 17.4. The maximum Gasteiger partial charge on any atom is 0.266 e. The predicted octanol–water partition coefficient (Wildman–Crippen LogP) is 3.19. The molecule has 152 valence electrons. The molecule has 4 rings (SSSR count). The molecular formula is C21H18ClN5O2S. The van der Waals surface area contributed by atoms with Gasteiger partial charge in [-0.2, -0.15) is 0 Å². The molecule has 4 aromatic rings. The van der Waals surface area contributed by atoms with E-state index < -0.39 is 0 Å². The summed E-state index contributed by atoms with van der Waals surface area (Å²) in [5, 5.41) is 6.60. The number of aromatic amines is 1. The van der Waals surface area contributed by atoms with E-state index in [0.717, 1.165) is 12.0 Å². The first kappa shape index (κ1) is 20.2. The number of halogens is 1. The smallest absolute Gasteiger partial charge is 0.266 e. The molecule has 0 saturated heterocycles. The summed E-state index contributed by atoms with van der Waals surface area (Å²) in [6.07, 6.45) is 0.763. The van der Waals surface area contributed by atoms with Crippen molar-refractivity contribution in [1.29, 1.82) is 0 Å². The number of amides is 1. The Balaban J connectivity index is 1.47. The summed E-state index contributed by atoms with van der Waals surface area (Å²) in [4.78, 5) is 33.0. The van der Waals surface area contributed by atoms with Gasteiger partial charge in [-0.25, -0.2) is 14.5 Å². The quantitative estimate of drug-likeness (QED) is 0.431. The minimum atomic E-state index is -0.290. The third-order valence-electron chi connectivity index (χ3n) is 4.32. The van der Waals surface area contributed by atoms with Crippen LogP contribution < -0.4 is 10.9 Å². The first-order chi connectivity index (χ1) is 14.6. The summed E-state index contributed by atoms with van der Waals surface area (Å²) in [5.41, 5.74) is 2.03. The van der Waals surface area contributed by atoms with Gasteiger partial charge in [0.05, 0.1) is 5.75 Å². The molecule has 0 saturated carbocycles. The highest BCUT2D eigenvalue weighted by Gasteiger charge is 2.13. The van der Waals surface area contributed by atoms with Gasteiger partial charge in [-0.15, -0.1) is 0 Å². The lowest BCUT2D eigenvalue weighted by atomic mass is 10.1. The van der Waals surface area contributed by atoms with Gasteiger partial charge in [0.25, 0.3) is 5.56 Å². The number of H-pyrrole nitrogens is 1. The highest BCUT2D eigenvalue weighted by molar-refractivity contribution is 7.99. The lowest BCUT2D eigenvalue weighted by Crippen LogP contribution is -2.27. The molecule has 0 radical (unpaired) electrons. The molecule has 2 aromatic carbocycles. The van der Waals surface area contributed by atoms with Gasteiger partial charge in [0.1, 0.15) is 0 Å². The standard InChI is InChI=1S/C21H18ClN5O2S/c22-16-8-4-7-15(11-16)20-24-17-12-18(28)26-27(17)21(25-20)30-13-19(29)23-10-9-14-5-2-1-3-6-14/h1-8,11-12H,9-10,13H2,(H,23,29)(H,26,28). The van der Waals surface area contributed by atoms with Gasteiger partial charge in [0.2, 0.25) is 5.91 Å². The van der Waals surface area contributed by atoms with Crippen molar-refractivity contribution in [2.75, 3.05) is 12.3 Å². The van der Waals surface area contributed by atoms with Crippen LogP contribution in [0.5, 0.6) is 0 Å². The number of hydrogen-bond donors (Lipinski definition) is 2. The van der Waals surface area contributed by atoms with Crippen LogP contribution in [0.3, 0.4) is 0 Å². The predicted molar refractivity (Wildman–Crippen MR) is 118 cm³/mol. The Labute approximate surface area is 181 Å². The maximum absolute atomic E-state index is 12.3. The molecule has 2 aromatic heterocycles. The van der Waals surface area contributed by atoms with Crippen molar-refractivity contribution in [3.63, 3.8) is 0 Å². The number of hydrogen-bond acceptors (Lipinski definition) is 5. The molecule has 2 heterocycles. The van der Waals surface area contributed by atoms with E-state index in [-0.39, 0.29) is 17.2 Å². The van der Waals surface area contributed by atoms with Crippen molar-refractivity contribution < 1.29 is 4.79 Å². The Morgan fingerprint density at radius 3 is 2.73 bits per heavy atom. The first-order valence-corrected chi connectivity index (χ1v) is 10.6. The molecule has 0 atom stereocenters. The van der Waals surface area contributed by atoms with E-state index in [2.05, 4.69) is 20.4 Å². The minimum Gasteiger partial charge on any atom is -0.355 e. The molecule has 0 fully saturated rings. The zero-order valence-electron chi connectivity index (χ0n) is 15.8. The van der Waals surface area contributed by atoms with Crippen LogP contribution in [-0.4, -0.2) is 37.8 Å². The topological polar surface area (TPSA) is 92.2 Å².